The van der Waals surface area contributed by atoms with Crippen LogP contribution in [0.25, 0.3) is 0 Å². The van der Waals surface area contributed by atoms with E-state index in [1.54, 1.807) is 47.6 Å². The van der Waals surface area contributed by atoms with E-state index < -0.39 is 11.1 Å². The van der Waals surface area contributed by atoms with E-state index in [0.717, 1.165) is 0 Å². The molecule has 1 rings (SSSR count). The number of amides is 1. The Hall–Kier alpha value is -1.29. The van der Waals surface area contributed by atoms with Gasteiger partial charge in [-0.3, -0.25) is 4.79 Å². The molecule has 4 heteroatoms. The average Bonchev–Trinajstić information content (AvgIpc) is 2.42. The van der Waals surface area contributed by atoms with Crippen molar-refractivity contribution in [3.63, 3.8) is 0 Å². The summed E-state index contributed by atoms with van der Waals surface area (Å²) in [5.74, 6) is 1.06. The molecule has 0 saturated heterocycles. The van der Waals surface area contributed by atoms with E-state index in [1.807, 2.05) is 0 Å². The summed E-state index contributed by atoms with van der Waals surface area (Å²) in [6, 6.07) is 1.70. The molecule has 0 saturated carbocycles. The average molecular weight is 239 g/mol. The minimum absolute atomic E-state index is 0.230. The second-order valence-electron chi connectivity index (χ2n) is 5.47. The van der Waals surface area contributed by atoms with E-state index in [-0.39, 0.29) is 5.91 Å². The number of furan rings is 1. The number of aryl methyl sites for hydroxylation is 2. The predicted octanol–water partition coefficient (Wildman–Crippen LogP) is 2.18. The van der Waals surface area contributed by atoms with Crippen LogP contribution in [-0.4, -0.2) is 22.2 Å². The molecule has 1 aromatic heterocycles. The number of rotatable bonds is 3. The Morgan fingerprint density at radius 1 is 1.29 bits per heavy atom. The third kappa shape index (κ3) is 2.88. The molecule has 0 spiro atoms. The molecule has 2 N–H and O–H groups in total. The van der Waals surface area contributed by atoms with Crippen LogP contribution in [0.5, 0.6) is 0 Å². The molecule has 1 heterocycles. The molecule has 0 aliphatic carbocycles. The summed E-state index contributed by atoms with van der Waals surface area (Å²) >= 11 is 0. The second-order valence-corrected chi connectivity index (χ2v) is 5.47. The zero-order valence-corrected chi connectivity index (χ0v) is 11.3. The van der Waals surface area contributed by atoms with Crippen molar-refractivity contribution >= 4 is 5.91 Å². The topological polar surface area (TPSA) is 62.5 Å². The number of aliphatic hydroxyl groups is 1. The van der Waals surface area contributed by atoms with Gasteiger partial charge in [0.05, 0.1) is 16.7 Å². The zero-order valence-electron chi connectivity index (χ0n) is 11.3. The fourth-order valence-electron chi connectivity index (χ4n) is 1.36. The summed E-state index contributed by atoms with van der Waals surface area (Å²) < 4.78 is 5.31. The van der Waals surface area contributed by atoms with E-state index in [4.69, 9.17) is 4.42 Å². The monoisotopic (exact) mass is 239 g/mol. The lowest BCUT2D eigenvalue weighted by molar-refractivity contribution is -0.00296. The zero-order chi connectivity index (χ0) is 13.4. The van der Waals surface area contributed by atoms with Gasteiger partial charge in [-0.05, 0) is 47.6 Å². The maximum Gasteiger partial charge on any atom is 0.255 e. The van der Waals surface area contributed by atoms with Crippen molar-refractivity contribution in [2.45, 2.75) is 52.7 Å². The van der Waals surface area contributed by atoms with Crippen LogP contribution in [0.4, 0.5) is 0 Å². The number of carbonyl (C=O) groups excluding carboxylic acids is 1. The first-order chi connectivity index (χ1) is 7.54. The Balaban J connectivity index is 2.91. The quantitative estimate of drug-likeness (QED) is 0.849. The molecule has 4 nitrogen and oxygen atoms in total. The normalized spacial score (nSPS) is 12.6. The van der Waals surface area contributed by atoms with E-state index >= 15 is 0 Å². The van der Waals surface area contributed by atoms with E-state index in [2.05, 4.69) is 5.32 Å². The van der Waals surface area contributed by atoms with Crippen molar-refractivity contribution in [1.29, 1.82) is 0 Å². The fraction of sp³-hybridized carbons (Fsp3) is 0.615. The smallest absolute Gasteiger partial charge is 0.255 e. The van der Waals surface area contributed by atoms with Gasteiger partial charge in [-0.2, -0.15) is 0 Å². The third-order valence-corrected chi connectivity index (χ3v) is 3.24. The summed E-state index contributed by atoms with van der Waals surface area (Å²) in [5, 5.41) is 12.8. The first kappa shape index (κ1) is 13.8. The molecule has 0 bridgehead atoms. The van der Waals surface area contributed by atoms with Crippen molar-refractivity contribution in [3.8, 4) is 0 Å². The molecular formula is C13H21NO3. The SMILES string of the molecule is Cc1cc(C(=O)NC(C)(C)C(C)(C)O)c(C)o1. The number of hydrogen-bond donors (Lipinski definition) is 2. The van der Waals surface area contributed by atoms with E-state index in [0.29, 0.717) is 17.1 Å². The van der Waals surface area contributed by atoms with Crippen LogP contribution in [0, 0.1) is 13.8 Å². The summed E-state index contributed by atoms with van der Waals surface area (Å²) in [7, 11) is 0. The Bertz CT molecular complexity index is 424. The lowest BCUT2D eigenvalue weighted by Crippen LogP contribution is -2.57. The predicted molar refractivity (Wildman–Crippen MR) is 66.0 cm³/mol. The van der Waals surface area contributed by atoms with Crippen LogP contribution in [-0.2, 0) is 0 Å². The van der Waals surface area contributed by atoms with E-state index in [1.165, 1.54) is 0 Å². The van der Waals surface area contributed by atoms with Gasteiger partial charge in [0.15, 0.2) is 0 Å². The maximum atomic E-state index is 12.1. The van der Waals surface area contributed by atoms with Gasteiger partial charge in [0.25, 0.3) is 5.91 Å². The van der Waals surface area contributed by atoms with Crippen LogP contribution in [0.1, 0.15) is 49.6 Å². The van der Waals surface area contributed by atoms with Crippen LogP contribution in [0.2, 0.25) is 0 Å². The van der Waals surface area contributed by atoms with Gasteiger partial charge in [0.1, 0.15) is 11.5 Å². The molecule has 1 aromatic rings. The third-order valence-electron chi connectivity index (χ3n) is 3.24. The highest BCUT2D eigenvalue weighted by atomic mass is 16.3. The summed E-state index contributed by atoms with van der Waals surface area (Å²) in [4.78, 5) is 12.1. The second kappa shape index (κ2) is 4.18. The van der Waals surface area contributed by atoms with Gasteiger partial charge >= 0.3 is 0 Å². The Morgan fingerprint density at radius 2 is 1.82 bits per heavy atom. The van der Waals surface area contributed by atoms with Crippen LogP contribution in [0.15, 0.2) is 10.5 Å². The largest absolute Gasteiger partial charge is 0.466 e. The fourth-order valence-corrected chi connectivity index (χ4v) is 1.36. The molecule has 0 fully saturated rings. The molecule has 0 unspecified atom stereocenters. The minimum atomic E-state index is -1.00. The highest BCUT2D eigenvalue weighted by Gasteiger charge is 2.36. The summed E-state index contributed by atoms with van der Waals surface area (Å²) in [6.45, 7) is 10.5. The Kier molecular flexibility index (Phi) is 3.39. The first-order valence-corrected chi connectivity index (χ1v) is 5.66. The number of nitrogens with one attached hydrogen (secondary N) is 1. The van der Waals surface area contributed by atoms with Crippen molar-refractivity contribution in [2.75, 3.05) is 0 Å². The molecule has 0 radical (unpaired) electrons. The maximum absolute atomic E-state index is 12.1. The summed E-state index contributed by atoms with van der Waals surface area (Å²) in [6.07, 6.45) is 0. The van der Waals surface area contributed by atoms with Gasteiger partial charge in [-0.1, -0.05) is 0 Å². The Labute approximate surface area is 102 Å². The van der Waals surface area contributed by atoms with Gasteiger partial charge in [-0.25, -0.2) is 0 Å². The van der Waals surface area contributed by atoms with Gasteiger partial charge in [0, 0.05) is 0 Å². The number of carbonyl (C=O) groups is 1. The molecule has 0 aromatic carbocycles. The first-order valence-electron chi connectivity index (χ1n) is 5.66. The standard InChI is InChI=1S/C13H21NO3/c1-8-7-10(9(2)17-8)11(15)14-12(3,4)13(5,6)16/h7,16H,1-6H3,(H,14,15). The highest BCUT2D eigenvalue weighted by molar-refractivity contribution is 5.95. The molecule has 1 amide bonds. The molecular weight excluding hydrogens is 218 g/mol. The lowest BCUT2D eigenvalue weighted by atomic mass is 9.86. The van der Waals surface area contributed by atoms with Gasteiger partial charge in [0.2, 0.25) is 0 Å². The van der Waals surface area contributed by atoms with Crippen molar-refractivity contribution in [1.82, 2.24) is 5.32 Å². The van der Waals surface area contributed by atoms with Crippen LogP contribution >= 0.6 is 0 Å². The summed E-state index contributed by atoms with van der Waals surface area (Å²) in [5.41, 5.74) is -1.21. The van der Waals surface area contributed by atoms with Crippen molar-refractivity contribution < 1.29 is 14.3 Å². The van der Waals surface area contributed by atoms with Crippen LogP contribution in [0.3, 0.4) is 0 Å². The highest BCUT2D eigenvalue weighted by Crippen LogP contribution is 2.22. The lowest BCUT2D eigenvalue weighted by Gasteiger charge is -2.37. The molecule has 0 aliphatic rings. The Morgan fingerprint density at radius 3 is 2.18 bits per heavy atom. The minimum Gasteiger partial charge on any atom is -0.466 e. The molecule has 0 aliphatic heterocycles. The van der Waals surface area contributed by atoms with Gasteiger partial charge < -0.3 is 14.8 Å². The molecule has 0 atom stereocenters. The van der Waals surface area contributed by atoms with Crippen LogP contribution < -0.4 is 5.32 Å². The van der Waals surface area contributed by atoms with E-state index in [9.17, 15) is 9.90 Å². The molecule has 96 valence electrons. The van der Waals surface area contributed by atoms with Crippen molar-refractivity contribution in [3.05, 3.63) is 23.2 Å². The van der Waals surface area contributed by atoms with Gasteiger partial charge in [-0.15, -0.1) is 0 Å². The van der Waals surface area contributed by atoms with Crippen molar-refractivity contribution in [2.24, 2.45) is 0 Å². The number of hydrogen-bond acceptors (Lipinski definition) is 3. The molecule has 17 heavy (non-hydrogen) atoms.